The first kappa shape index (κ1) is 10.6. The molecule has 0 saturated carbocycles. The van der Waals surface area contributed by atoms with Crippen LogP contribution >= 0.6 is 0 Å². The predicted octanol–water partition coefficient (Wildman–Crippen LogP) is 2.05. The van der Waals surface area contributed by atoms with Crippen molar-refractivity contribution in [3.8, 4) is 0 Å². The van der Waals surface area contributed by atoms with Crippen LogP contribution in [0.15, 0.2) is 18.2 Å². The second kappa shape index (κ2) is 4.65. The first-order valence-corrected chi connectivity index (χ1v) is 4.68. The summed E-state index contributed by atoms with van der Waals surface area (Å²) in [5.74, 6) is -0.791. The van der Waals surface area contributed by atoms with Crippen LogP contribution in [0.5, 0.6) is 0 Å². The van der Waals surface area contributed by atoms with E-state index in [0.717, 1.165) is 23.4 Å². The number of aryl methyl sites for hydroxylation is 1. The van der Waals surface area contributed by atoms with Crippen LogP contribution in [0.2, 0.25) is 0 Å². The topological polar surface area (TPSA) is 49.3 Å². The zero-order valence-corrected chi connectivity index (χ0v) is 8.50. The molecule has 0 fully saturated rings. The molecular weight excluding hydrogens is 178 g/mol. The first-order chi connectivity index (χ1) is 6.63. The van der Waals surface area contributed by atoms with E-state index in [4.69, 9.17) is 5.11 Å². The third kappa shape index (κ3) is 2.76. The number of aliphatic carboxylic acids is 1. The average Bonchev–Trinajstić information content (AvgIpc) is 2.09. The van der Waals surface area contributed by atoms with E-state index >= 15 is 0 Å². The molecule has 0 heterocycles. The Kier molecular flexibility index (Phi) is 3.51. The fourth-order valence-electron chi connectivity index (χ4n) is 1.40. The van der Waals surface area contributed by atoms with E-state index in [1.54, 1.807) is 0 Å². The van der Waals surface area contributed by atoms with Crippen molar-refractivity contribution in [3.63, 3.8) is 0 Å². The zero-order chi connectivity index (χ0) is 10.6. The van der Waals surface area contributed by atoms with Gasteiger partial charge in [-0.15, -0.1) is 0 Å². The Hall–Kier alpha value is -1.51. The zero-order valence-electron chi connectivity index (χ0n) is 8.50. The van der Waals surface area contributed by atoms with Gasteiger partial charge in [0.2, 0.25) is 0 Å². The quantitative estimate of drug-likeness (QED) is 0.769. The number of carboxylic acid groups (broad SMARTS) is 1. The summed E-state index contributed by atoms with van der Waals surface area (Å²) in [4.78, 5) is 10.5. The Morgan fingerprint density at radius 2 is 2.21 bits per heavy atom. The van der Waals surface area contributed by atoms with E-state index in [2.05, 4.69) is 5.32 Å². The molecule has 0 radical (unpaired) electrons. The van der Waals surface area contributed by atoms with Crippen LogP contribution < -0.4 is 5.32 Å². The Morgan fingerprint density at radius 3 is 2.71 bits per heavy atom. The molecule has 0 unspecified atom stereocenters. The summed E-state index contributed by atoms with van der Waals surface area (Å²) in [6.07, 6.45) is 0.0905. The van der Waals surface area contributed by atoms with Gasteiger partial charge in [0.1, 0.15) is 0 Å². The summed E-state index contributed by atoms with van der Waals surface area (Å²) in [6.45, 7) is 4.88. The molecule has 0 aliphatic rings. The van der Waals surface area contributed by atoms with E-state index in [-0.39, 0.29) is 6.42 Å². The number of anilines is 1. The van der Waals surface area contributed by atoms with E-state index in [1.165, 1.54) is 0 Å². The molecule has 3 heteroatoms. The monoisotopic (exact) mass is 193 g/mol. The van der Waals surface area contributed by atoms with Gasteiger partial charge in [0.25, 0.3) is 0 Å². The van der Waals surface area contributed by atoms with E-state index in [1.807, 2.05) is 32.0 Å². The van der Waals surface area contributed by atoms with Gasteiger partial charge in [0.15, 0.2) is 0 Å². The van der Waals surface area contributed by atoms with Gasteiger partial charge < -0.3 is 10.4 Å². The van der Waals surface area contributed by atoms with Crippen molar-refractivity contribution in [2.24, 2.45) is 0 Å². The van der Waals surface area contributed by atoms with Gasteiger partial charge in [-0.05, 0) is 31.0 Å². The van der Waals surface area contributed by atoms with Crippen molar-refractivity contribution in [2.45, 2.75) is 20.3 Å². The predicted molar refractivity (Wildman–Crippen MR) is 56.7 cm³/mol. The standard InChI is InChI=1S/C11H15NO2/c1-3-12-10-5-4-9(6-8(10)2)7-11(13)14/h4-6,12H,3,7H2,1-2H3,(H,13,14). The van der Waals surface area contributed by atoms with Gasteiger partial charge in [-0.3, -0.25) is 4.79 Å². The van der Waals surface area contributed by atoms with E-state index < -0.39 is 5.97 Å². The number of hydrogen-bond acceptors (Lipinski definition) is 2. The molecule has 14 heavy (non-hydrogen) atoms. The van der Waals surface area contributed by atoms with Crippen LogP contribution in [0.4, 0.5) is 5.69 Å². The number of carboxylic acids is 1. The molecule has 3 nitrogen and oxygen atoms in total. The summed E-state index contributed by atoms with van der Waals surface area (Å²) >= 11 is 0. The van der Waals surface area contributed by atoms with Crippen molar-refractivity contribution in [2.75, 3.05) is 11.9 Å². The van der Waals surface area contributed by atoms with Gasteiger partial charge in [-0.25, -0.2) is 0 Å². The molecule has 76 valence electrons. The maximum Gasteiger partial charge on any atom is 0.307 e. The highest BCUT2D eigenvalue weighted by Gasteiger charge is 2.02. The minimum absolute atomic E-state index is 0.0905. The van der Waals surface area contributed by atoms with Gasteiger partial charge in [-0.1, -0.05) is 12.1 Å². The molecule has 2 N–H and O–H groups in total. The van der Waals surface area contributed by atoms with Crippen LogP contribution in [0.25, 0.3) is 0 Å². The summed E-state index contributed by atoms with van der Waals surface area (Å²) < 4.78 is 0. The van der Waals surface area contributed by atoms with Crippen LogP contribution in [-0.4, -0.2) is 17.6 Å². The van der Waals surface area contributed by atoms with E-state index in [0.29, 0.717) is 0 Å². The van der Waals surface area contributed by atoms with Gasteiger partial charge in [-0.2, -0.15) is 0 Å². The molecule has 0 saturated heterocycles. The van der Waals surface area contributed by atoms with Crippen LogP contribution in [0.3, 0.4) is 0 Å². The minimum Gasteiger partial charge on any atom is -0.481 e. The fraction of sp³-hybridized carbons (Fsp3) is 0.364. The summed E-state index contributed by atoms with van der Waals surface area (Å²) in [6, 6.07) is 5.68. The van der Waals surface area contributed by atoms with Crippen molar-refractivity contribution >= 4 is 11.7 Å². The largest absolute Gasteiger partial charge is 0.481 e. The molecule has 1 rings (SSSR count). The van der Waals surface area contributed by atoms with Gasteiger partial charge >= 0.3 is 5.97 Å². The first-order valence-electron chi connectivity index (χ1n) is 4.68. The van der Waals surface area contributed by atoms with Crippen LogP contribution in [-0.2, 0) is 11.2 Å². The lowest BCUT2D eigenvalue weighted by atomic mass is 10.1. The number of hydrogen-bond donors (Lipinski definition) is 2. The average molecular weight is 193 g/mol. The minimum atomic E-state index is -0.791. The molecule has 0 spiro atoms. The molecule has 1 aromatic carbocycles. The highest BCUT2D eigenvalue weighted by molar-refractivity contribution is 5.70. The SMILES string of the molecule is CCNc1ccc(CC(=O)O)cc1C. The number of rotatable bonds is 4. The Balaban J connectivity index is 2.83. The van der Waals surface area contributed by atoms with Crippen molar-refractivity contribution < 1.29 is 9.90 Å². The van der Waals surface area contributed by atoms with Gasteiger partial charge in [0, 0.05) is 12.2 Å². The smallest absolute Gasteiger partial charge is 0.307 e. The molecule has 0 aromatic heterocycles. The third-order valence-corrected chi connectivity index (χ3v) is 2.01. The fourth-order valence-corrected chi connectivity index (χ4v) is 1.40. The molecule has 0 amide bonds. The Bertz CT molecular complexity index is 334. The van der Waals surface area contributed by atoms with Gasteiger partial charge in [0.05, 0.1) is 6.42 Å². The van der Waals surface area contributed by atoms with Crippen molar-refractivity contribution in [1.82, 2.24) is 0 Å². The summed E-state index contributed by atoms with van der Waals surface area (Å²) in [5.41, 5.74) is 3.00. The molecule has 0 bridgehead atoms. The molecular formula is C11H15NO2. The van der Waals surface area contributed by atoms with Crippen LogP contribution in [0, 0.1) is 6.92 Å². The Labute approximate surface area is 83.8 Å². The number of nitrogens with one attached hydrogen (secondary N) is 1. The molecule has 0 aliphatic heterocycles. The lowest BCUT2D eigenvalue weighted by Gasteiger charge is -2.08. The lowest BCUT2D eigenvalue weighted by Crippen LogP contribution is -2.02. The summed E-state index contributed by atoms with van der Waals surface area (Å²) in [5, 5.41) is 11.8. The third-order valence-electron chi connectivity index (χ3n) is 2.01. The molecule has 1 aromatic rings. The normalized spacial score (nSPS) is 9.86. The maximum absolute atomic E-state index is 10.5. The van der Waals surface area contributed by atoms with E-state index in [9.17, 15) is 4.79 Å². The summed E-state index contributed by atoms with van der Waals surface area (Å²) in [7, 11) is 0. The molecule has 0 aliphatic carbocycles. The Morgan fingerprint density at radius 1 is 1.50 bits per heavy atom. The maximum atomic E-state index is 10.5. The van der Waals surface area contributed by atoms with Crippen LogP contribution in [0.1, 0.15) is 18.1 Å². The number of benzene rings is 1. The second-order valence-electron chi connectivity index (χ2n) is 3.25. The van der Waals surface area contributed by atoms with Crippen molar-refractivity contribution in [1.29, 1.82) is 0 Å². The highest BCUT2D eigenvalue weighted by atomic mass is 16.4. The lowest BCUT2D eigenvalue weighted by molar-refractivity contribution is -0.136. The second-order valence-corrected chi connectivity index (χ2v) is 3.25. The highest BCUT2D eigenvalue weighted by Crippen LogP contribution is 2.16. The number of carbonyl (C=O) groups is 1. The van der Waals surface area contributed by atoms with Crippen molar-refractivity contribution in [3.05, 3.63) is 29.3 Å². The molecule has 0 atom stereocenters.